The first-order valence-corrected chi connectivity index (χ1v) is 7.04. The van der Waals surface area contributed by atoms with Gasteiger partial charge < -0.3 is 9.30 Å². The van der Waals surface area contributed by atoms with Gasteiger partial charge in [-0.15, -0.1) is 0 Å². The molecule has 3 rings (SSSR count). The summed E-state index contributed by atoms with van der Waals surface area (Å²) in [6.07, 6.45) is 5.65. The summed E-state index contributed by atoms with van der Waals surface area (Å²) in [5.41, 5.74) is 2.11. The topological polar surface area (TPSA) is 44.3 Å². The third-order valence-corrected chi connectivity index (χ3v) is 3.50. The van der Waals surface area contributed by atoms with E-state index in [4.69, 9.17) is 4.74 Å². The maximum Gasteiger partial charge on any atom is 0.158 e. The molecule has 0 fully saturated rings. The molecule has 5 heteroatoms. The Morgan fingerprint density at radius 3 is 2.86 bits per heavy atom. The number of hydrogen-bond donors (Lipinski definition) is 0. The van der Waals surface area contributed by atoms with Gasteiger partial charge in [0.15, 0.2) is 5.82 Å². The van der Waals surface area contributed by atoms with E-state index in [0.717, 1.165) is 23.6 Å². The lowest BCUT2D eigenvalue weighted by molar-refractivity contribution is 0.0922. The molecule has 110 valence electrons. The Morgan fingerprint density at radius 2 is 2.05 bits per heavy atom. The van der Waals surface area contributed by atoms with Crippen molar-refractivity contribution in [1.29, 1.82) is 0 Å². The lowest BCUT2D eigenvalue weighted by Gasteiger charge is -2.25. The first kappa shape index (κ1) is 13.8. The van der Waals surface area contributed by atoms with Crippen molar-refractivity contribution < 1.29 is 4.74 Å². The highest BCUT2D eigenvalue weighted by Gasteiger charge is 2.21. The van der Waals surface area contributed by atoms with Crippen LogP contribution in [0, 0.1) is 5.41 Å². The molecule has 0 amide bonds. The first-order valence-electron chi connectivity index (χ1n) is 7.04. The summed E-state index contributed by atoms with van der Waals surface area (Å²) in [5.74, 6) is 0.925. The van der Waals surface area contributed by atoms with E-state index in [1.165, 1.54) is 0 Å². The molecule has 3 heterocycles. The van der Waals surface area contributed by atoms with Gasteiger partial charge in [0.05, 0.1) is 18.3 Å². The Balaban J connectivity index is 2.01. The van der Waals surface area contributed by atoms with Gasteiger partial charge in [0, 0.05) is 31.5 Å². The third kappa shape index (κ3) is 2.69. The number of imidazole rings is 1. The number of rotatable bonds is 5. The Bertz CT molecular complexity index is 741. The van der Waals surface area contributed by atoms with Crippen LogP contribution in [0.5, 0.6) is 0 Å². The molecule has 3 aromatic rings. The lowest BCUT2D eigenvalue weighted by atomic mass is 9.94. The quantitative estimate of drug-likeness (QED) is 0.723. The highest BCUT2D eigenvalue weighted by molar-refractivity contribution is 5.58. The van der Waals surface area contributed by atoms with Gasteiger partial charge in [-0.2, -0.15) is 5.10 Å². The van der Waals surface area contributed by atoms with Crippen molar-refractivity contribution in [2.45, 2.75) is 20.4 Å². The molecule has 0 unspecified atom stereocenters. The predicted molar refractivity (Wildman–Crippen MR) is 82.1 cm³/mol. The van der Waals surface area contributed by atoms with Crippen molar-refractivity contribution in [3.8, 4) is 11.5 Å². The van der Waals surface area contributed by atoms with Gasteiger partial charge in [-0.3, -0.25) is 0 Å². The maximum atomic E-state index is 5.31. The highest BCUT2D eigenvalue weighted by atomic mass is 16.5. The molecular weight excluding hydrogens is 264 g/mol. The fraction of sp³-hybridized carbons (Fsp3) is 0.375. The number of hydrogen-bond acceptors (Lipinski definition) is 3. The summed E-state index contributed by atoms with van der Waals surface area (Å²) in [7, 11) is 1.74. The molecule has 3 aromatic heterocycles. The molecule has 0 atom stereocenters. The minimum absolute atomic E-state index is 0.0439. The zero-order valence-corrected chi connectivity index (χ0v) is 12.7. The van der Waals surface area contributed by atoms with E-state index in [-0.39, 0.29) is 5.41 Å². The molecule has 0 spiro atoms. The minimum atomic E-state index is 0.0439. The van der Waals surface area contributed by atoms with E-state index >= 15 is 0 Å². The molecule has 0 aliphatic rings. The lowest BCUT2D eigenvalue weighted by Crippen LogP contribution is -2.25. The monoisotopic (exact) mass is 284 g/mol. The van der Waals surface area contributed by atoms with Crippen molar-refractivity contribution in [3.05, 3.63) is 42.9 Å². The van der Waals surface area contributed by atoms with E-state index < -0.39 is 0 Å². The van der Waals surface area contributed by atoms with Gasteiger partial charge in [0.25, 0.3) is 0 Å². The molecule has 0 N–H and O–H groups in total. The number of ether oxygens (including phenoxy) is 1. The van der Waals surface area contributed by atoms with Crippen LogP contribution < -0.4 is 0 Å². The fourth-order valence-corrected chi connectivity index (χ4v) is 2.69. The number of nitrogens with zero attached hydrogens (tertiary/aromatic N) is 4. The van der Waals surface area contributed by atoms with Gasteiger partial charge in [-0.05, 0) is 18.2 Å². The summed E-state index contributed by atoms with van der Waals surface area (Å²) in [5, 5.41) is 4.39. The smallest absolute Gasteiger partial charge is 0.158 e. The Hall–Kier alpha value is -2.14. The first-order chi connectivity index (χ1) is 10.1. The van der Waals surface area contributed by atoms with E-state index in [2.05, 4.69) is 28.5 Å². The van der Waals surface area contributed by atoms with E-state index in [9.17, 15) is 0 Å². The summed E-state index contributed by atoms with van der Waals surface area (Å²) in [6, 6.07) is 8.11. The van der Waals surface area contributed by atoms with Gasteiger partial charge in [-0.1, -0.05) is 19.9 Å². The SMILES string of the molecule is COCC(C)(C)Cn1ccnc1-c1cccc2ccnn12. The summed E-state index contributed by atoms with van der Waals surface area (Å²) < 4.78 is 9.39. The maximum absolute atomic E-state index is 5.31. The number of pyridine rings is 1. The van der Waals surface area contributed by atoms with Gasteiger partial charge in [0.1, 0.15) is 5.69 Å². The van der Waals surface area contributed by atoms with Crippen LogP contribution in [-0.2, 0) is 11.3 Å². The molecule has 0 radical (unpaired) electrons. The second-order valence-corrected chi connectivity index (χ2v) is 6.05. The molecule has 0 aromatic carbocycles. The average Bonchev–Trinajstić information content (AvgIpc) is 3.06. The van der Waals surface area contributed by atoms with Crippen molar-refractivity contribution in [3.63, 3.8) is 0 Å². The van der Waals surface area contributed by atoms with Gasteiger partial charge >= 0.3 is 0 Å². The van der Waals surface area contributed by atoms with Crippen LogP contribution in [0.4, 0.5) is 0 Å². The number of aromatic nitrogens is 4. The van der Waals surface area contributed by atoms with Crippen molar-refractivity contribution in [2.75, 3.05) is 13.7 Å². The summed E-state index contributed by atoms with van der Waals surface area (Å²) in [6.45, 7) is 5.92. The minimum Gasteiger partial charge on any atom is -0.384 e. The molecule has 0 saturated carbocycles. The standard InChI is InChI=1S/C16H20N4O/c1-16(2,12-21-3)11-19-10-9-17-15(19)14-6-4-5-13-7-8-18-20(13)14/h4-10H,11-12H2,1-3H3. The molecule has 21 heavy (non-hydrogen) atoms. The Kier molecular flexibility index (Phi) is 3.51. The largest absolute Gasteiger partial charge is 0.384 e. The number of methoxy groups -OCH3 is 1. The van der Waals surface area contributed by atoms with Gasteiger partial charge in [-0.25, -0.2) is 9.50 Å². The van der Waals surface area contributed by atoms with Crippen LogP contribution in [0.2, 0.25) is 0 Å². The molecule has 0 aliphatic carbocycles. The van der Waals surface area contributed by atoms with Crippen molar-refractivity contribution in [2.24, 2.45) is 5.41 Å². The van der Waals surface area contributed by atoms with Crippen LogP contribution >= 0.6 is 0 Å². The molecule has 5 nitrogen and oxygen atoms in total. The number of fused-ring (bicyclic) bond motifs is 1. The molecule has 0 saturated heterocycles. The van der Waals surface area contributed by atoms with Crippen LogP contribution in [0.15, 0.2) is 42.9 Å². The van der Waals surface area contributed by atoms with Gasteiger partial charge in [0.2, 0.25) is 0 Å². The second kappa shape index (κ2) is 5.33. The highest BCUT2D eigenvalue weighted by Crippen LogP contribution is 2.24. The van der Waals surface area contributed by atoms with Crippen LogP contribution in [0.3, 0.4) is 0 Å². The van der Waals surface area contributed by atoms with Crippen LogP contribution in [0.25, 0.3) is 17.0 Å². The zero-order valence-electron chi connectivity index (χ0n) is 12.7. The average molecular weight is 284 g/mol. The molecule has 0 bridgehead atoms. The van der Waals surface area contributed by atoms with Crippen LogP contribution in [0.1, 0.15) is 13.8 Å². The molecule has 0 aliphatic heterocycles. The summed E-state index contributed by atoms with van der Waals surface area (Å²) >= 11 is 0. The van der Waals surface area contributed by atoms with E-state index in [1.807, 2.05) is 41.2 Å². The Morgan fingerprint density at radius 1 is 1.19 bits per heavy atom. The normalized spacial score (nSPS) is 12.1. The third-order valence-electron chi connectivity index (χ3n) is 3.50. The zero-order chi connectivity index (χ0) is 14.9. The predicted octanol–water partition coefficient (Wildman–Crippen LogP) is 2.87. The fourth-order valence-electron chi connectivity index (χ4n) is 2.69. The van der Waals surface area contributed by atoms with E-state index in [0.29, 0.717) is 6.61 Å². The van der Waals surface area contributed by atoms with E-state index in [1.54, 1.807) is 13.3 Å². The molecular formula is C16H20N4O. The second-order valence-electron chi connectivity index (χ2n) is 6.05. The van der Waals surface area contributed by atoms with Crippen LogP contribution in [-0.4, -0.2) is 32.9 Å². The summed E-state index contributed by atoms with van der Waals surface area (Å²) in [4.78, 5) is 4.52. The van der Waals surface area contributed by atoms with Crippen molar-refractivity contribution >= 4 is 5.52 Å². The van der Waals surface area contributed by atoms with Crippen molar-refractivity contribution in [1.82, 2.24) is 19.2 Å². The Labute approximate surface area is 124 Å².